The second-order valence-corrected chi connectivity index (χ2v) is 15.8. The highest BCUT2D eigenvalue weighted by atomic mass is 16.3. The molecule has 1 aliphatic carbocycles. The van der Waals surface area contributed by atoms with Gasteiger partial charge in [-0.05, 0) is 95.9 Å². The van der Waals surface area contributed by atoms with Gasteiger partial charge in [-0.15, -0.1) is 0 Å². The van der Waals surface area contributed by atoms with Crippen molar-refractivity contribution in [1.29, 1.82) is 0 Å². The summed E-state index contributed by atoms with van der Waals surface area (Å²) >= 11 is 0. The van der Waals surface area contributed by atoms with Gasteiger partial charge in [-0.3, -0.25) is 0 Å². The van der Waals surface area contributed by atoms with Crippen molar-refractivity contribution >= 4 is 105 Å². The Morgan fingerprint density at radius 2 is 1.05 bits per heavy atom. The van der Waals surface area contributed by atoms with E-state index in [1.807, 2.05) is 12.1 Å². The van der Waals surface area contributed by atoms with Gasteiger partial charge in [0.15, 0.2) is 11.2 Å². The Kier molecular flexibility index (Phi) is 7.15. The van der Waals surface area contributed by atoms with Gasteiger partial charge >= 0.3 is 0 Å². The minimum Gasteiger partial charge on any atom is -0.454 e. The second-order valence-electron chi connectivity index (χ2n) is 15.8. The number of hydrogen-bond acceptors (Lipinski definition) is 4. The Morgan fingerprint density at radius 3 is 1.72 bits per heavy atom. The number of benzene rings is 9. The fourth-order valence-electron chi connectivity index (χ4n) is 9.66. The summed E-state index contributed by atoms with van der Waals surface area (Å²) in [5.41, 5.74) is 11.5. The minimum atomic E-state index is 0.0963. The minimum absolute atomic E-state index is 0.0963. The molecule has 0 N–H and O–H groups in total. The van der Waals surface area contributed by atoms with Crippen LogP contribution in [0.3, 0.4) is 0 Å². The largest absolute Gasteiger partial charge is 0.454 e. The van der Waals surface area contributed by atoms with Crippen molar-refractivity contribution < 1.29 is 8.83 Å². The van der Waals surface area contributed by atoms with E-state index in [9.17, 15) is 0 Å². The van der Waals surface area contributed by atoms with Gasteiger partial charge in [-0.1, -0.05) is 133 Å². The van der Waals surface area contributed by atoms with Crippen molar-refractivity contribution in [2.75, 3.05) is 9.80 Å². The molecule has 2 aromatic heterocycles. The molecule has 1 aliphatic rings. The van der Waals surface area contributed by atoms with E-state index in [4.69, 9.17) is 8.83 Å². The lowest BCUT2D eigenvalue weighted by molar-refractivity contribution is 0.663. The number of hydrogen-bond donors (Lipinski definition) is 0. The molecule has 0 radical (unpaired) electrons. The van der Waals surface area contributed by atoms with Crippen LogP contribution in [0.4, 0.5) is 28.4 Å². The average Bonchev–Trinajstić information content (AvgIpc) is 3.84. The van der Waals surface area contributed by atoms with E-state index in [0.29, 0.717) is 0 Å². The first kappa shape index (κ1) is 32.9. The highest BCUT2D eigenvalue weighted by molar-refractivity contribution is 6.28. The maximum absolute atomic E-state index is 6.72. The topological polar surface area (TPSA) is 32.8 Å². The van der Waals surface area contributed by atoms with Crippen molar-refractivity contribution in [3.63, 3.8) is 0 Å². The Bertz CT molecular complexity index is 3490. The van der Waals surface area contributed by atoms with Gasteiger partial charge in [-0.25, -0.2) is 0 Å². The normalized spacial score (nSPS) is 14.5. The molecule has 58 heavy (non-hydrogen) atoms. The Balaban J connectivity index is 1.13. The first-order chi connectivity index (χ1) is 28.6. The monoisotopic (exact) mass is 746 g/mol. The maximum Gasteiger partial charge on any atom is 0.159 e. The summed E-state index contributed by atoms with van der Waals surface area (Å²) in [6.07, 6.45) is 7.69. The molecule has 11 aromatic rings. The fourth-order valence-corrected chi connectivity index (χ4v) is 9.66. The van der Waals surface area contributed by atoms with Crippen molar-refractivity contribution in [1.82, 2.24) is 0 Å². The van der Waals surface area contributed by atoms with Gasteiger partial charge in [0.25, 0.3) is 0 Å². The third-order valence-corrected chi connectivity index (χ3v) is 12.2. The van der Waals surface area contributed by atoms with Crippen molar-refractivity contribution in [3.8, 4) is 0 Å². The SMILES string of the molecule is CC1=CC=CC(N(c2ccc3ccc4c(N(c5cccc(C)c5)c5cccc6c5oc5ccccc56)ccc5ccc2c3c54)c2cccc3c2oc2ccccc23)C1. The van der Waals surface area contributed by atoms with Crippen LogP contribution in [-0.4, -0.2) is 6.04 Å². The van der Waals surface area contributed by atoms with Crippen LogP contribution in [0.2, 0.25) is 0 Å². The number of anilines is 5. The number of para-hydroxylation sites is 4. The average molecular weight is 747 g/mol. The van der Waals surface area contributed by atoms with E-state index in [1.165, 1.54) is 43.5 Å². The molecule has 0 aliphatic heterocycles. The maximum atomic E-state index is 6.72. The quantitative estimate of drug-likeness (QED) is 0.159. The highest BCUT2D eigenvalue weighted by Gasteiger charge is 2.28. The number of allylic oxidation sites excluding steroid dienone is 2. The number of fused-ring (bicyclic) bond motifs is 6. The number of furan rings is 2. The summed E-state index contributed by atoms with van der Waals surface area (Å²) in [5.74, 6) is 0. The van der Waals surface area contributed by atoms with Crippen LogP contribution in [0.15, 0.2) is 190 Å². The zero-order valence-electron chi connectivity index (χ0n) is 32.2. The van der Waals surface area contributed by atoms with E-state index in [0.717, 1.165) is 78.7 Å². The van der Waals surface area contributed by atoms with Gasteiger partial charge in [0.05, 0.1) is 23.1 Å². The third-order valence-electron chi connectivity index (χ3n) is 12.2. The molecule has 1 atom stereocenters. The smallest absolute Gasteiger partial charge is 0.159 e. The molecule has 2 heterocycles. The lowest BCUT2D eigenvalue weighted by Crippen LogP contribution is -2.31. The fraction of sp³-hybridized carbons (Fsp3) is 0.0741. The van der Waals surface area contributed by atoms with Crippen LogP contribution < -0.4 is 9.80 Å². The summed E-state index contributed by atoms with van der Waals surface area (Å²) in [5, 5.41) is 11.8. The van der Waals surface area contributed by atoms with E-state index < -0.39 is 0 Å². The van der Waals surface area contributed by atoms with Gasteiger partial charge < -0.3 is 18.6 Å². The van der Waals surface area contributed by atoms with Crippen LogP contribution in [0.25, 0.3) is 76.2 Å². The van der Waals surface area contributed by atoms with E-state index in [2.05, 4.69) is 187 Å². The number of aryl methyl sites for hydroxylation is 1. The number of nitrogens with zero attached hydrogens (tertiary/aromatic N) is 2. The molecule has 0 saturated carbocycles. The predicted octanol–water partition coefficient (Wildman–Crippen LogP) is 15.6. The Labute approximate surface area is 335 Å². The molecule has 4 nitrogen and oxygen atoms in total. The van der Waals surface area contributed by atoms with Gasteiger partial charge in [0, 0.05) is 43.7 Å². The molecule has 0 spiro atoms. The molecule has 0 bridgehead atoms. The first-order valence-electron chi connectivity index (χ1n) is 20.1. The first-order valence-corrected chi connectivity index (χ1v) is 20.1. The molecule has 4 heteroatoms. The summed E-state index contributed by atoms with van der Waals surface area (Å²) in [6.45, 7) is 4.39. The summed E-state index contributed by atoms with van der Waals surface area (Å²) in [4.78, 5) is 4.91. The molecule has 0 saturated heterocycles. The van der Waals surface area contributed by atoms with Gasteiger partial charge in [-0.2, -0.15) is 0 Å². The Hall–Kier alpha value is -7.30. The summed E-state index contributed by atoms with van der Waals surface area (Å²) in [7, 11) is 0. The van der Waals surface area contributed by atoms with Crippen LogP contribution in [0, 0.1) is 6.92 Å². The summed E-state index contributed by atoms with van der Waals surface area (Å²) < 4.78 is 13.4. The standard InChI is InChI=1S/C54H38N2O2/c1-33-11-7-13-37(31-33)55(47-19-9-17-41-39-15-3-5-21-49(39)57-53(41)47)45-29-25-35-24-28-44-46(30-26-36-23-27-43(45)51(35)52(36)44)56(38-14-8-12-34(2)32-38)48-20-10-18-42-40-16-4-6-22-50(40)58-54(42)48/h3-31,38H,32H2,1-2H3. The van der Waals surface area contributed by atoms with Crippen LogP contribution in [-0.2, 0) is 0 Å². The van der Waals surface area contributed by atoms with Crippen LogP contribution in [0.1, 0.15) is 18.9 Å². The molecular weight excluding hydrogens is 709 g/mol. The number of rotatable bonds is 6. The van der Waals surface area contributed by atoms with Crippen LogP contribution in [0.5, 0.6) is 0 Å². The van der Waals surface area contributed by atoms with Gasteiger partial charge in [0.1, 0.15) is 11.2 Å². The molecule has 0 fully saturated rings. The van der Waals surface area contributed by atoms with Crippen molar-refractivity contribution in [2.45, 2.75) is 26.3 Å². The van der Waals surface area contributed by atoms with Crippen LogP contribution >= 0.6 is 0 Å². The van der Waals surface area contributed by atoms with Crippen molar-refractivity contribution in [2.24, 2.45) is 0 Å². The Morgan fingerprint density at radius 1 is 0.483 bits per heavy atom. The lowest BCUT2D eigenvalue weighted by Gasteiger charge is -2.35. The zero-order chi connectivity index (χ0) is 38.5. The predicted molar refractivity (Wildman–Crippen MR) is 244 cm³/mol. The summed E-state index contributed by atoms with van der Waals surface area (Å²) in [6, 6.07) is 57.1. The molecule has 0 amide bonds. The van der Waals surface area contributed by atoms with E-state index in [1.54, 1.807) is 0 Å². The highest BCUT2D eigenvalue weighted by Crippen LogP contribution is 2.49. The van der Waals surface area contributed by atoms with Gasteiger partial charge in [0.2, 0.25) is 0 Å². The van der Waals surface area contributed by atoms with E-state index in [-0.39, 0.29) is 6.04 Å². The van der Waals surface area contributed by atoms with Crippen molar-refractivity contribution in [3.05, 3.63) is 187 Å². The molecule has 12 rings (SSSR count). The molecule has 9 aromatic carbocycles. The molecule has 276 valence electrons. The van der Waals surface area contributed by atoms with E-state index >= 15 is 0 Å². The third kappa shape index (κ3) is 4.88. The second kappa shape index (κ2) is 12.6. The molecular formula is C54H38N2O2. The molecule has 1 unspecified atom stereocenters. The lowest BCUT2D eigenvalue weighted by atomic mass is 9.91. The zero-order valence-corrected chi connectivity index (χ0v) is 32.2.